The molecule has 25 heavy (non-hydrogen) atoms. The van der Waals surface area contributed by atoms with Gasteiger partial charge < -0.3 is 20.6 Å². The number of carbonyl (C=O) groups is 1. The van der Waals surface area contributed by atoms with E-state index in [1.165, 1.54) is 24.9 Å². The number of urea groups is 1. The van der Waals surface area contributed by atoms with Crippen molar-refractivity contribution in [2.45, 2.75) is 46.0 Å². The number of nitrogens with one attached hydrogen (secondary N) is 2. The van der Waals surface area contributed by atoms with Crippen molar-refractivity contribution in [3.63, 3.8) is 0 Å². The van der Waals surface area contributed by atoms with Crippen molar-refractivity contribution >= 4 is 17.4 Å². The van der Waals surface area contributed by atoms with E-state index in [2.05, 4.69) is 41.5 Å². The SMILES string of the molecule is CC(C)CC(CCO)CNC(=O)Nc1ccc(N2CCCCC2)cc1. The van der Waals surface area contributed by atoms with Crippen molar-refractivity contribution in [1.82, 2.24) is 5.32 Å². The summed E-state index contributed by atoms with van der Waals surface area (Å²) in [5, 5.41) is 15.0. The molecule has 3 N–H and O–H groups in total. The highest BCUT2D eigenvalue weighted by Gasteiger charge is 2.13. The van der Waals surface area contributed by atoms with Crippen LogP contribution in [0.25, 0.3) is 0 Å². The normalized spacial score (nSPS) is 15.9. The summed E-state index contributed by atoms with van der Waals surface area (Å²) in [6, 6.07) is 7.89. The minimum absolute atomic E-state index is 0.165. The molecule has 2 rings (SSSR count). The maximum absolute atomic E-state index is 12.1. The summed E-state index contributed by atoms with van der Waals surface area (Å²) in [7, 11) is 0. The van der Waals surface area contributed by atoms with E-state index in [4.69, 9.17) is 5.11 Å². The van der Waals surface area contributed by atoms with Crippen molar-refractivity contribution in [3.05, 3.63) is 24.3 Å². The van der Waals surface area contributed by atoms with Crippen LogP contribution in [0.3, 0.4) is 0 Å². The first-order valence-corrected chi connectivity index (χ1v) is 9.59. The molecule has 5 nitrogen and oxygen atoms in total. The minimum atomic E-state index is -0.183. The summed E-state index contributed by atoms with van der Waals surface area (Å²) >= 11 is 0. The number of rotatable bonds is 8. The summed E-state index contributed by atoms with van der Waals surface area (Å²) in [6.07, 6.45) is 5.57. The lowest BCUT2D eigenvalue weighted by atomic mass is 9.94. The van der Waals surface area contributed by atoms with E-state index in [-0.39, 0.29) is 12.6 Å². The lowest BCUT2D eigenvalue weighted by Gasteiger charge is -2.28. The highest BCUT2D eigenvalue weighted by atomic mass is 16.3. The minimum Gasteiger partial charge on any atom is -0.396 e. The molecule has 0 spiro atoms. The van der Waals surface area contributed by atoms with E-state index in [1.54, 1.807) is 0 Å². The Hall–Kier alpha value is -1.75. The van der Waals surface area contributed by atoms with Gasteiger partial charge in [-0.2, -0.15) is 0 Å². The van der Waals surface area contributed by atoms with E-state index in [0.29, 0.717) is 18.4 Å². The summed E-state index contributed by atoms with van der Waals surface area (Å²) < 4.78 is 0. The van der Waals surface area contributed by atoms with Gasteiger partial charge in [-0.1, -0.05) is 13.8 Å². The second kappa shape index (κ2) is 10.3. The monoisotopic (exact) mass is 347 g/mol. The molecule has 0 aliphatic carbocycles. The van der Waals surface area contributed by atoms with Crippen LogP contribution in [-0.2, 0) is 0 Å². The molecular weight excluding hydrogens is 314 g/mol. The van der Waals surface area contributed by atoms with Crippen LogP contribution in [0.5, 0.6) is 0 Å². The Morgan fingerprint density at radius 3 is 2.44 bits per heavy atom. The zero-order valence-corrected chi connectivity index (χ0v) is 15.6. The molecule has 1 atom stereocenters. The van der Waals surface area contributed by atoms with Crippen molar-refractivity contribution in [3.8, 4) is 0 Å². The number of aliphatic hydroxyl groups is 1. The summed E-state index contributed by atoms with van der Waals surface area (Å²) in [4.78, 5) is 14.5. The molecule has 1 unspecified atom stereocenters. The Morgan fingerprint density at radius 2 is 1.84 bits per heavy atom. The van der Waals surface area contributed by atoms with Gasteiger partial charge in [-0.25, -0.2) is 4.79 Å². The fourth-order valence-corrected chi connectivity index (χ4v) is 3.47. The molecule has 0 aromatic heterocycles. The first kappa shape index (κ1) is 19.6. The number of amides is 2. The van der Waals surface area contributed by atoms with Crippen LogP contribution in [0.4, 0.5) is 16.2 Å². The molecule has 0 saturated carbocycles. The molecule has 1 heterocycles. The molecular formula is C20H33N3O2. The molecule has 5 heteroatoms. The molecule has 1 aromatic rings. The Balaban J connectivity index is 1.79. The van der Waals surface area contributed by atoms with Crippen LogP contribution in [0.1, 0.15) is 46.0 Å². The van der Waals surface area contributed by atoms with Gasteiger partial charge in [0.05, 0.1) is 0 Å². The summed E-state index contributed by atoms with van der Waals surface area (Å²) in [5.41, 5.74) is 2.03. The third-order valence-electron chi connectivity index (χ3n) is 4.74. The highest BCUT2D eigenvalue weighted by Crippen LogP contribution is 2.21. The zero-order chi connectivity index (χ0) is 18.1. The number of piperidine rings is 1. The van der Waals surface area contributed by atoms with Crippen LogP contribution in [0.15, 0.2) is 24.3 Å². The van der Waals surface area contributed by atoms with Crippen molar-refractivity contribution in [1.29, 1.82) is 0 Å². The van der Waals surface area contributed by atoms with Crippen LogP contribution < -0.4 is 15.5 Å². The summed E-state index contributed by atoms with van der Waals surface area (Å²) in [6.45, 7) is 7.32. The van der Waals surface area contributed by atoms with E-state index in [9.17, 15) is 4.79 Å². The van der Waals surface area contributed by atoms with Crippen LogP contribution in [0, 0.1) is 11.8 Å². The second-order valence-electron chi connectivity index (χ2n) is 7.44. The molecule has 1 aliphatic heterocycles. The van der Waals surface area contributed by atoms with Gasteiger partial charge in [-0.3, -0.25) is 0 Å². The Labute approximate surface area is 151 Å². The number of carbonyl (C=O) groups excluding carboxylic acids is 1. The largest absolute Gasteiger partial charge is 0.396 e. The van der Waals surface area contributed by atoms with Gasteiger partial charge in [-0.05, 0) is 68.2 Å². The van der Waals surface area contributed by atoms with Gasteiger partial charge >= 0.3 is 6.03 Å². The quantitative estimate of drug-likeness (QED) is 0.669. The molecule has 1 saturated heterocycles. The average molecular weight is 348 g/mol. The third kappa shape index (κ3) is 6.94. The maximum atomic E-state index is 12.1. The maximum Gasteiger partial charge on any atom is 0.319 e. The molecule has 2 amide bonds. The fraction of sp³-hybridized carbons (Fsp3) is 0.650. The standard InChI is InChI=1S/C20H33N3O2/c1-16(2)14-17(10-13-24)15-21-20(25)22-18-6-8-19(9-7-18)23-11-4-3-5-12-23/h6-9,16-17,24H,3-5,10-15H2,1-2H3,(H2,21,22,25). The third-order valence-corrected chi connectivity index (χ3v) is 4.74. The van der Waals surface area contributed by atoms with Gasteiger partial charge in [0.15, 0.2) is 0 Å². The van der Waals surface area contributed by atoms with Crippen molar-refractivity contribution in [2.24, 2.45) is 11.8 Å². The fourth-order valence-electron chi connectivity index (χ4n) is 3.47. The number of anilines is 2. The first-order chi connectivity index (χ1) is 12.1. The lowest BCUT2D eigenvalue weighted by molar-refractivity contribution is 0.231. The van der Waals surface area contributed by atoms with Crippen LogP contribution >= 0.6 is 0 Å². The molecule has 140 valence electrons. The van der Waals surface area contributed by atoms with Gasteiger partial charge in [0, 0.05) is 37.6 Å². The molecule has 1 aliphatic rings. The predicted molar refractivity (Wildman–Crippen MR) is 104 cm³/mol. The highest BCUT2D eigenvalue weighted by molar-refractivity contribution is 5.89. The topological polar surface area (TPSA) is 64.6 Å². The molecule has 1 aromatic carbocycles. The van der Waals surface area contributed by atoms with Crippen molar-refractivity contribution in [2.75, 3.05) is 36.5 Å². The van der Waals surface area contributed by atoms with Crippen LogP contribution in [-0.4, -0.2) is 37.4 Å². The van der Waals surface area contributed by atoms with E-state index in [1.807, 2.05) is 12.1 Å². The molecule has 0 radical (unpaired) electrons. The Morgan fingerprint density at radius 1 is 1.16 bits per heavy atom. The van der Waals surface area contributed by atoms with Gasteiger partial charge in [0.25, 0.3) is 0 Å². The van der Waals surface area contributed by atoms with E-state index < -0.39 is 0 Å². The number of nitrogens with zero attached hydrogens (tertiary/aromatic N) is 1. The van der Waals surface area contributed by atoms with Gasteiger partial charge in [0.1, 0.15) is 0 Å². The smallest absolute Gasteiger partial charge is 0.319 e. The van der Waals surface area contributed by atoms with E-state index >= 15 is 0 Å². The number of hydrogen-bond acceptors (Lipinski definition) is 3. The lowest BCUT2D eigenvalue weighted by Crippen LogP contribution is -2.34. The predicted octanol–water partition coefficient (Wildman–Crippen LogP) is 3.84. The summed E-state index contributed by atoms with van der Waals surface area (Å²) in [5.74, 6) is 0.876. The van der Waals surface area contributed by atoms with Crippen molar-refractivity contribution < 1.29 is 9.90 Å². The second-order valence-corrected chi connectivity index (χ2v) is 7.44. The first-order valence-electron chi connectivity index (χ1n) is 9.59. The Bertz CT molecular complexity index is 510. The number of hydrogen-bond donors (Lipinski definition) is 3. The average Bonchev–Trinajstić information content (AvgIpc) is 2.61. The number of aliphatic hydroxyl groups excluding tert-OH is 1. The Kier molecular flexibility index (Phi) is 8.06. The molecule has 0 bridgehead atoms. The van der Waals surface area contributed by atoms with Crippen LogP contribution in [0.2, 0.25) is 0 Å². The van der Waals surface area contributed by atoms with Gasteiger partial charge in [-0.15, -0.1) is 0 Å². The van der Waals surface area contributed by atoms with E-state index in [0.717, 1.165) is 31.6 Å². The van der Waals surface area contributed by atoms with Gasteiger partial charge in [0.2, 0.25) is 0 Å². The number of benzene rings is 1. The molecule has 1 fully saturated rings. The zero-order valence-electron chi connectivity index (χ0n) is 15.6.